The maximum Gasteiger partial charge on any atom is 0.328 e. The molecule has 1 aromatic heterocycles. The van der Waals surface area contributed by atoms with E-state index in [-0.39, 0.29) is 18.7 Å². The highest BCUT2D eigenvalue weighted by molar-refractivity contribution is 6.30. The van der Waals surface area contributed by atoms with Crippen LogP contribution in [0.5, 0.6) is 0 Å². The summed E-state index contributed by atoms with van der Waals surface area (Å²) in [6.45, 7) is -0.263. The fourth-order valence-corrected chi connectivity index (χ4v) is 1.65. The molecule has 0 unspecified atom stereocenters. The Morgan fingerprint density at radius 2 is 2.32 bits per heavy atom. The first-order chi connectivity index (χ1) is 9.04. The van der Waals surface area contributed by atoms with Crippen LogP contribution in [0.15, 0.2) is 30.6 Å². The summed E-state index contributed by atoms with van der Waals surface area (Å²) in [5.74, 6) is -1.01. The second-order valence-corrected chi connectivity index (χ2v) is 4.30. The zero-order valence-corrected chi connectivity index (χ0v) is 10.6. The largest absolute Gasteiger partial charge is 0.459 e. The van der Waals surface area contributed by atoms with Crippen molar-refractivity contribution in [2.75, 3.05) is 5.73 Å². The van der Waals surface area contributed by atoms with Gasteiger partial charge in [-0.1, -0.05) is 11.6 Å². The zero-order chi connectivity index (χ0) is 13.8. The van der Waals surface area contributed by atoms with Gasteiger partial charge in [-0.15, -0.1) is 0 Å². The SMILES string of the molecule is Nc1cnn(CC(=O)OCc2cc(Cl)ccc2F)c1. The summed E-state index contributed by atoms with van der Waals surface area (Å²) >= 11 is 5.73. The molecule has 100 valence electrons. The van der Waals surface area contributed by atoms with Crippen LogP contribution in [0.25, 0.3) is 0 Å². The van der Waals surface area contributed by atoms with E-state index < -0.39 is 11.8 Å². The number of hydrogen-bond acceptors (Lipinski definition) is 4. The monoisotopic (exact) mass is 283 g/mol. The van der Waals surface area contributed by atoms with E-state index in [1.807, 2.05) is 0 Å². The Morgan fingerprint density at radius 1 is 1.53 bits per heavy atom. The molecule has 5 nitrogen and oxygen atoms in total. The highest BCUT2D eigenvalue weighted by Gasteiger charge is 2.09. The van der Waals surface area contributed by atoms with Gasteiger partial charge in [-0.05, 0) is 18.2 Å². The second-order valence-electron chi connectivity index (χ2n) is 3.87. The highest BCUT2D eigenvalue weighted by Crippen LogP contribution is 2.15. The van der Waals surface area contributed by atoms with Gasteiger partial charge in [-0.2, -0.15) is 5.10 Å². The first kappa shape index (κ1) is 13.4. The summed E-state index contributed by atoms with van der Waals surface area (Å²) in [5, 5.41) is 4.22. The molecule has 0 saturated heterocycles. The number of nitrogens with zero attached hydrogens (tertiary/aromatic N) is 2. The number of nitrogen functional groups attached to an aromatic ring is 1. The Balaban J connectivity index is 1.91. The average Bonchev–Trinajstić information content (AvgIpc) is 2.76. The molecule has 0 atom stereocenters. The molecule has 1 aromatic carbocycles. The minimum absolute atomic E-state index is 0.0839. The number of halogens is 2. The summed E-state index contributed by atoms with van der Waals surface area (Å²) in [6, 6.07) is 4.06. The van der Waals surface area contributed by atoms with E-state index in [0.717, 1.165) is 0 Å². The van der Waals surface area contributed by atoms with Crippen molar-refractivity contribution in [1.29, 1.82) is 0 Å². The molecular formula is C12H11ClFN3O2. The maximum absolute atomic E-state index is 13.4. The van der Waals surface area contributed by atoms with Crippen LogP contribution in [0.1, 0.15) is 5.56 Å². The Hall–Kier alpha value is -2.08. The third kappa shape index (κ3) is 3.69. The number of aromatic nitrogens is 2. The lowest BCUT2D eigenvalue weighted by Crippen LogP contribution is -2.14. The van der Waals surface area contributed by atoms with Crippen LogP contribution >= 0.6 is 11.6 Å². The first-order valence-electron chi connectivity index (χ1n) is 5.42. The number of anilines is 1. The molecule has 1 heterocycles. The number of benzene rings is 1. The van der Waals surface area contributed by atoms with Crippen molar-refractivity contribution in [2.24, 2.45) is 0 Å². The summed E-state index contributed by atoms with van der Waals surface area (Å²) in [5.41, 5.74) is 6.13. The molecule has 0 spiro atoms. The molecule has 7 heteroatoms. The molecule has 0 saturated carbocycles. The van der Waals surface area contributed by atoms with E-state index in [2.05, 4.69) is 5.10 Å². The van der Waals surface area contributed by atoms with Gasteiger partial charge in [0.05, 0.1) is 11.9 Å². The Morgan fingerprint density at radius 3 is 3.00 bits per heavy atom. The van der Waals surface area contributed by atoms with Gasteiger partial charge in [-0.3, -0.25) is 9.48 Å². The van der Waals surface area contributed by atoms with Crippen LogP contribution in [0.2, 0.25) is 5.02 Å². The average molecular weight is 284 g/mol. The summed E-state index contributed by atoms with van der Waals surface area (Å²) in [4.78, 5) is 11.5. The third-order valence-electron chi connectivity index (χ3n) is 2.34. The second kappa shape index (κ2) is 5.71. The van der Waals surface area contributed by atoms with Gasteiger partial charge in [0.1, 0.15) is 19.0 Å². The normalized spacial score (nSPS) is 10.4. The fraction of sp³-hybridized carbons (Fsp3) is 0.167. The van der Waals surface area contributed by atoms with E-state index in [1.165, 1.54) is 35.3 Å². The molecule has 2 aromatic rings. The summed E-state index contributed by atoms with van der Waals surface area (Å²) in [7, 11) is 0. The van der Waals surface area contributed by atoms with Crippen molar-refractivity contribution in [1.82, 2.24) is 9.78 Å². The lowest BCUT2D eigenvalue weighted by Gasteiger charge is -2.06. The van der Waals surface area contributed by atoms with Crippen molar-refractivity contribution in [3.63, 3.8) is 0 Å². The molecule has 0 fully saturated rings. The summed E-state index contributed by atoms with van der Waals surface area (Å²) < 4.78 is 19.6. The van der Waals surface area contributed by atoms with Crippen molar-refractivity contribution >= 4 is 23.3 Å². The molecular weight excluding hydrogens is 273 g/mol. The number of hydrogen-bond donors (Lipinski definition) is 1. The van der Waals surface area contributed by atoms with Crippen LogP contribution < -0.4 is 5.73 Å². The number of carbonyl (C=O) groups excluding carboxylic acids is 1. The summed E-state index contributed by atoms with van der Waals surface area (Å²) in [6.07, 6.45) is 2.92. The van der Waals surface area contributed by atoms with Gasteiger partial charge in [0, 0.05) is 16.8 Å². The molecule has 0 radical (unpaired) electrons. The van der Waals surface area contributed by atoms with Gasteiger partial charge in [0.2, 0.25) is 0 Å². The van der Waals surface area contributed by atoms with Crippen LogP contribution in [-0.4, -0.2) is 15.7 Å². The van der Waals surface area contributed by atoms with Crippen LogP contribution in [0, 0.1) is 5.82 Å². The molecule has 0 aliphatic rings. The maximum atomic E-state index is 13.4. The van der Waals surface area contributed by atoms with Crippen LogP contribution in [-0.2, 0) is 22.7 Å². The Kier molecular flexibility index (Phi) is 4.01. The van der Waals surface area contributed by atoms with Crippen molar-refractivity contribution in [2.45, 2.75) is 13.2 Å². The standard InChI is InChI=1S/C12H11ClFN3O2/c13-9-1-2-11(14)8(3-9)7-19-12(18)6-17-5-10(15)4-16-17/h1-5H,6-7,15H2. The molecule has 2 rings (SSSR count). The number of rotatable bonds is 4. The van der Waals surface area contributed by atoms with Crippen molar-refractivity contribution < 1.29 is 13.9 Å². The van der Waals surface area contributed by atoms with Gasteiger partial charge < -0.3 is 10.5 Å². The smallest absolute Gasteiger partial charge is 0.328 e. The molecule has 0 amide bonds. The topological polar surface area (TPSA) is 70.1 Å². The Labute approximate surface area is 113 Å². The van der Waals surface area contributed by atoms with Crippen LogP contribution in [0.3, 0.4) is 0 Å². The number of carbonyl (C=O) groups is 1. The minimum Gasteiger partial charge on any atom is -0.459 e. The highest BCUT2D eigenvalue weighted by atomic mass is 35.5. The van der Waals surface area contributed by atoms with E-state index >= 15 is 0 Å². The predicted octanol–water partition coefficient (Wildman–Crippen LogP) is 2.00. The van der Waals surface area contributed by atoms with Gasteiger partial charge in [0.15, 0.2) is 0 Å². The lowest BCUT2D eigenvalue weighted by molar-refractivity contribution is -0.145. The van der Waals surface area contributed by atoms with Crippen LogP contribution in [0.4, 0.5) is 10.1 Å². The molecule has 0 aliphatic heterocycles. The van der Waals surface area contributed by atoms with Gasteiger partial charge in [-0.25, -0.2) is 4.39 Å². The molecule has 19 heavy (non-hydrogen) atoms. The lowest BCUT2D eigenvalue weighted by atomic mass is 10.2. The first-order valence-corrected chi connectivity index (χ1v) is 5.80. The van der Waals surface area contributed by atoms with Crippen molar-refractivity contribution in [3.8, 4) is 0 Å². The molecule has 2 N–H and O–H groups in total. The van der Waals surface area contributed by atoms with Gasteiger partial charge in [0.25, 0.3) is 0 Å². The fourth-order valence-electron chi connectivity index (χ4n) is 1.46. The third-order valence-corrected chi connectivity index (χ3v) is 2.58. The quantitative estimate of drug-likeness (QED) is 0.871. The molecule has 0 bridgehead atoms. The van der Waals surface area contributed by atoms with E-state index in [0.29, 0.717) is 10.7 Å². The number of ether oxygens (including phenoxy) is 1. The molecule has 0 aliphatic carbocycles. The number of nitrogens with two attached hydrogens (primary N) is 1. The Bertz CT molecular complexity index is 600. The predicted molar refractivity (Wildman–Crippen MR) is 67.8 cm³/mol. The van der Waals surface area contributed by atoms with E-state index in [9.17, 15) is 9.18 Å². The van der Waals surface area contributed by atoms with E-state index in [1.54, 1.807) is 0 Å². The van der Waals surface area contributed by atoms with Gasteiger partial charge >= 0.3 is 5.97 Å². The minimum atomic E-state index is -0.539. The number of esters is 1. The van der Waals surface area contributed by atoms with E-state index in [4.69, 9.17) is 22.1 Å². The van der Waals surface area contributed by atoms with Crippen molar-refractivity contribution in [3.05, 3.63) is 47.0 Å². The zero-order valence-electron chi connectivity index (χ0n) is 9.85.